The summed E-state index contributed by atoms with van der Waals surface area (Å²) in [5, 5.41) is 7.00. The van der Waals surface area contributed by atoms with Crippen LogP contribution in [0.5, 0.6) is 0 Å². The number of halogens is 1. The summed E-state index contributed by atoms with van der Waals surface area (Å²) < 4.78 is 2.01. The molecule has 0 aliphatic rings. The standard InChI is InChI=1S/C16H10ClN3OS2/c1-9-6-7-22-12(9)8-13-15(21)20-16(23-13)18-14(19-20)10-2-4-11(17)5-3-10/h2-8H,1H3/b13-8-. The van der Waals surface area contributed by atoms with E-state index in [0.717, 1.165) is 16.0 Å². The fourth-order valence-corrected chi connectivity index (χ4v) is 4.16. The molecule has 4 nitrogen and oxygen atoms in total. The molecular formula is C16H10ClN3OS2. The van der Waals surface area contributed by atoms with E-state index in [9.17, 15) is 4.79 Å². The SMILES string of the molecule is Cc1ccsc1/C=c1\sc2nc(-c3ccc(Cl)cc3)nn2c1=O. The van der Waals surface area contributed by atoms with Crippen LogP contribution in [0, 0.1) is 6.92 Å². The van der Waals surface area contributed by atoms with Gasteiger partial charge in [-0.3, -0.25) is 4.79 Å². The van der Waals surface area contributed by atoms with Crippen molar-refractivity contribution >= 4 is 45.3 Å². The maximum absolute atomic E-state index is 12.5. The summed E-state index contributed by atoms with van der Waals surface area (Å²) in [6.07, 6.45) is 1.91. The third-order valence-corrected chi connectivity index (χ3v) is 5.63. The second-order valence-corrected chi connectivity index (χ2v) is 7.41. The molecule has 0 saturated heterocycles. The van der Waals surface area contributed by atoms with Gasteiger partial charge in [0.05, 0.1) is 4.53 Å². The molecule has 0 N–H and O–H groups in total. The Balaban J connectivity index is 1.84. The Hall–Kier alpha value is -2.02. The van der Waals surface area contributed by atoms with Crippen molar-refractivity contribution < 1.29 is 0 Å². The van der Waals surface area contributed by atoms with Gasteiger partial charge >= 0.3 is 0 Å². The number of thiazole rings is 1. The Morgan fingerprint density at radius 1 is 1.22 bits per heavy atom. The molecule has 0 unspecified atom stereocenters. The summed E-state index contributed by atoms with van der Waals surface area (Å²) in [6.45, 7) is 2.03. The fraction of sp³-hybridized carbons (Fsp3) is 0.0625. The Labute approximate surface area is 144 Å². The quantitative estimate of drug-likeness (QED) is 0.551. The van der Waals surface area contributed by atoms with Crippen molar-refractivity contribution in [3.8, 4) is 11.4 Å². The third kappa shape index (κ3) is 2.59. The largest absolute Gasteiger partial charge is 0.291 e. The Bertz CT molecular complexity index is 1110. The van der Waals surface area contributed by atoms with Gasteiger partial charge in [0.1, 0.15) is 0 Å². The molecule has 0 aliphatic carbocycles. The summed E-state index contributed by atoms with van der Waals surface area (Å²) >= 11 is 8.85. The van der Waals surface area contributed by atoms with Gasteiger partial charge in [-0.05, 0) is 54.3 Å². The molecule has 0 bridgehead atoms. The van der Waals surface area contributed by atoms with Crippen LogP contribution in [0.1, 0.15) is 10.4 Å². The predicted octanol–water partition coefficient (Wildman–Crippen LogP) is 3.39. The molecule has 4 aromatic rings. The molecule has 4 rings (SSSR count). The van der Waals surface area contributed by atoms with E-state index >= 15 is 0 Å². The van der Waals surface area contributed by atoms with E-state index < -0.39 is 0 Å². The number of hydrogen-bond donors (Lipinski definition) is 0. The minimum atomic E-state index is -0.134. The van der Waals surface area contributed by atoms with Crippen LogP contribution in [0.4, 0.5) is 0 Å². The van der Waals surface area contributed by atoms with E-state index in [2.05, 4.69) is 10.1 Å². The highest BCUT2D eigenvalue weighted by atomic mass is 35.5. The molecule has 23 heavy (non-hydrogen) atoms. The average Bonchev–Trinajstić information content (AvgIpc) is 3.20. The lowest BCUT2D eigenvalue weighted by Gasteiger charge is -1.93. The Kier molecular flexibility index (Phi) is 3.52. The smallest absolute Gasteiger partial charge is 0.266 e. The highest BCUT2D eigenvalue weighted by Gasteiger charge is 2.12. The lowest BCUT2D eigenvalue weighted by molar-refractivity contribution is 0.937. The summed E-state index contributed by atoms with van der Waals surface area (Å²) in [5.41, 5.74) is 1.87. The van der Waals surface area contributed by atoms with E-state index in [1.165, 1.54) is 15.9 Å². The Morgan fingerprint density at radius 2 is 2.00 bits per heavy atom. The van der Waals surface area contributed by atoms with Crippen molar-refractivity contribution in [2.45, 2.75) is 6.92 Å². The molecule has 1 aromatic carbocycles. The van der Waals surface area contributed by atoms with E-state index in [4.69, 9.17) is 11.6 Å². The highest BCUT2D eigenvalue weighted by Crippen LogP contribution is 2.19. The number of aromatic nitrogens is 3. The predicted molar refractivity (Wildman–Crippen MR) is 95.4 cm³/mol. The van der Waals surface area contributed by atoms with Crippen LogP contribution in [0.3, 0.4) is 0 Å². The van der Waals surface area contributed by atoms with E-state index in [0.29, 0.717) is 20.3 Å². The first-order valence-electron chi connectivity index (χ1n) is 6.83. The van der Waals surface area contributed by atoms with Crippen LogP contribution in [0.2, 0.25) is 5.02 Å². The molecule has 114 valence electrons. The minimum absolute atomic E-state index is 0.134. The topological polar surface area (TPSA) is 47.3 Å². The summed E-state index contributed by atoms with van der Waals surface area (Å²) in [4.78, 5) is 18.6. The van der Waals surface area contributed by atoms with Gasteiger partial charge < -0.3 is 0 Å². The monoisotopic (exact) mass is 359 g/mol. The van der Waals surface area contributed by atoms with Gasteiger partial charge in [0, 0.05) is 15.5 Å². The first-order valence-corrected chi connectivity index (χ1v) is 8.90. The number of fused-ring (bicyclic) bond motifs is 1. The number of benzene rings is 1. The van der Waals surface area contributed by atoms with Crippen LogP contribution < -0.4 is 10.1 Å². The lowest BCUT2D eigenvalue weighted by atomic mass is 10.2. The average molecular weight is 360 g/mol. The summed E-state index contributed by atoms with van der Waals surface area (Å²) in [7, 11) is 0. The van der Waals surface area contributed by atoms with Crippen molar-refractivity contribution in [1.29, 1.82) is 0 Å². The van der Waals surface area contributed by atoms with Crippen molar-refractivity contribution in [1.82, 2.24) is 14.6 Å². The Morgan fingerprint density at radius 3 is 2.65 bits per heavy atom. The lowest BCUT2D eigenvalue weighted by Crippen LogP contribution is -2.23. The van der Waals surface area contributed by atoms with Crippen molar-refractivity contribution in [3.05, 3.63) is 66.1 Å². The second-order valence-electron chi connectivity index (χ2n) is 5.02. The first-order chi connectivity index (χ1) is 11.1. The van der Waals surface area contributed by atoms with E-state index in [1.807, 2.05) is 36.6 Å². The molecule has 0 atom stereocenters. The number of rotatable bonds is 2. The fourth-order valence-electron chi connectivity index (χ4n) is 2.21. The zero-order chi connectivity index (χ0) is 16.0. The van der Waals surface area contributed by atoms with Crippen molar-refractivity contribution in [3.63, 3.8) is 0 Å². The van der Waals surface area contributed by atoms with Gasteiger partial charge in [0.15, 0.2) is 5.82 Å². The van der Waals surface area contributed by atoms with Crippen LogP contribution in [-0.4, -0.2) is 14.6 Å². The summed E-state index contributed by atoms with van der Waals surface area (Å²) in [6, 6.07) is 9.28. The molecule has 0 fully saturated rings. The van der Waals surface area contributed by atoms with Gasteiger partial charge in [-0.15, -0.1) is 16.4 Å². The maximum atomic E-state index is 12.5. The maximum Gasteiger partial charge on any atom is 0.291 e. The molecule has 0 spiro atoms. The van der Waals surface area contributed by atoms with Gasteiger partial charge in [-0.1, -0.05) is 22.9 Å². The van der Waals surface area contributed by atoms with Crippen LogP contribution in [0.25, 0.3) is 22.4 Å². The molecule has 3 heterocycles. The van der Waals surface area contributed by atoms with Crippen molar-refractivity contribution in [2.24, 2.45) is 0 Å². The zero-order valence-electron chi connectivity index (χ0n) is 12.0. The number of hydrogen-bond acceptors (Lipinski definition) is 5. The second kappa shape index (κ2) is 5.56. The third-order valence-electron chi connectivity index (χ3n) is 3.45. The molecule has 3 aromatic heterocycles. The van der Waals surface area contributed by atoms with Gasteiger partial charge in [0.25, 0.3) is 5.56 Å². The molecule has 0 aliphatic heterocycles. The number of aryl methyl sites for hydroxylation is 1. The van der Waals surface area contributed by atoms with Crippen LogP contribution in [-0.2, 0) is 0 Å². The highest BCUT2D eigenvalue weighted by molar-refractivity contribution is 7.15. The minimum Gasteiger partial charge on any atom is -0.266 e. The first kappa shape index (κ1) is 14.6. The molecule has 7 heteroatoms. The number of nitrogens with zero attached hydrogens (tertiary/aromatic N) is 3. The zero-order valence-corrected chi connectivity index (χ0v) is 14.4. The van der Waals surface area contributed by atoms with Crippen LogP contribution in [0.15, 0.2) is 40.5 Å². The summed E-state index contributed by atoms with van der Waals surface area (Å²) in [5.74, 6) is 0.531. The van der Waals surface area contributed by atoms with Gasteiger partial charge in [-0.2, -0.15) is 9.50 Å². The number of thiophene rings is 1. The molecule has 0 radical (unpaired) electrons. The van der Waals surface area contributed by atoms with Crippen LogP contribution >= 0.6 is 34.3 Å². The van der Waals surface area contributed by atoms with Gasteiger partial charge in [0.2, 0.25) is 4.96 Å². The van der Waals surface area contributed by atoms with E-state index in [1.54, 1.807) is 23.5 Å². The van der Waals surface area contributed by atoms with E-state index in [-0.39, 0.29) is 5.56 Å². The van der Waals surface area contributed by atoms with Gasteiger partial charge in [-0.25, -0.2) is 0 Å². The molecule has 0 amide bonds. The molecule has 0 saturated carbocycles. The van der Waals surface area contributed by atoms with Crippen molar-refractivity contribution in [2.75, 3.05) is 0 Å². The molecular weight excluding hydrogens is 350 g/mol. The normalized spacial score (nSPS) is 12.3.